The Kier molecular flexibility index (Phi) is 4.94. The Morgan fingerprint density at radius 1 is 1.33 bits per heavy atom. The smallest absolute Gasteiger partial charge is 0.123 e. The molecular weight excluding hydrogens is 244 g/mol. The third-order valence-electron chi connectivity index (χ3n) is 3.59. The molecule has 2 atom stereocenters. The van der Waals surface area contributed by atoms with Gasteiger partial charge in [-0.3, -0.25) is 0 Å². The summed E-state index contributed by atoms with van der Waals surface area (Å²) in [5.74, 6) is 1.04. The summed E-state index contributed by atoms with van der Waals surface area (Å²) in [7, 11) is 0. The number of fused-ring (bicyclic) bond motifs is 1. The van der Waals surface area contributed by atoms with Gasteiger partial charge in [-0.15, -0.1) is 11.6 Å². The first kappa shape index (κ1) is 13.7. The highest BCUT2D eigenvalue weighted by atomic mass is 35.5. The molecule has 1 aliphatic rings. The van der Waals surface area contributed by atoms with Crippen LogP contribution in [0.15, 0.2) is 18.2 Å². The first-order chi connectivity index (χ1) is 8.70. The second kappa shape index (κ2) is 6.47. The molecule has 1 aromatic rings. The molecule has 0 fully saturated rings. The fraction of sp³-hybridized carbons (Fsp3) is 0.625. The van der Waals surface area contributed by atoms with Crippen molar-refractivity contribution < 1.29 is 4.74 Å². The van der Waals surface area contributed by atoms with Gasteiger partial charge in [-0.25, -0.2) is 0 Å². The molecular formula is C16H23ClO. The van der Waals surface area contributed by atoms with Gasteiger partial charge in [0.1, 0.15) is 11.9 Å². The van der Waals surface area contributed by atoms with Gasteiger partial charge in [-0.1, -0.05) is 44.7 Å². The standard InChI is InChI=1S/C16H23ClO/c1-3-4-5-6-7-15(17)13-8-9-16-14(11-13)10-12(2)18-16/h8-9,11-12,15H,3-7,10H2,1-2H3. The second-order valence-corrected chi connectivity index (χ2v) is 5.84. The zero-order chi connectivity index (χ0) is 13.0. The average molecular weight is 267 g/mol. The summed E-state index contributed by atoms with van der Waals surface area (Å²) >= 11 is 6.48. The summed E-state index contributed by atoms with van der Waals surface area (Å²) in [5.41, 5.74) is 2.57. The number of alkyl halides is 1. The Labute approximate surface area is 115 Å². The van der Waals surface area contributed by atoms with Gasteiger partial charge in [0.25, 0.3) is 0 Å². The molecule has 100 valence electrons. The summed E-state index contributed by atoms with van der Waals surface area (Å²) in [6, 6.07) is 6.43. The number of benzene rings is 1. The van der Waals surface area contributed by atoms with E-state index in [0.29, 0.717) is 6.10 Å². The molecule has 0 N–H and O–H groups in total. The summed E-state index contributed by atoms with van der Waals surface area (Å²) in [5, 5.41) is 0.156. The van der Waals surface area contributed by atoms with E-state index in [-0.39, 0.29) is 5.38 Å². The van der Waals surface area contributed by atoms with E-state index in [2.05, 4.69) is 32.0 Å². The molecule has 0 aromatic heterocycles. The van der Waals surface area contributed by atoms with Crippen molar-refractivity contribution in [3.63, 3.8) is 0 Å². The van der Waals surface area contributed by atoms with Gasteiger partial charge in [0.2, 0.25) is 0 Å². The summed E-state index contributed by atoms with van der Waals surface area (Å²) in [6.45, 7) is 4.35. The molecule has 1 aromatic carbocycles. The largest absolute Gasteiger partial charge is 0.490 e. The van der Waals surface area contributed by atoms with Crippen LogP contribution >= 0.6 is 11.6 Å². The lowest BCUT2D eigenvalue weighted by Crippen LogP contribution is -2.05. The predicted molar refractivity (Wildman–Crippen MR) is 77.6 cm³/mol. The fourth-order valence-electron chi connectivity index (χ4n) is 2.55. The van der Waals surface area contributed by atoms with E-state index in [1.165, 1.54) is 36.8 Å². The molecule has 0 saturated heterocycles. The van der Waals surface area contributed by atoms with Crippen LogP contribution in [0.4, 0.5) is 0 Å². The Balaban J connectivity index is 1.91. The van der Waals surface area contributed by atoms with Crippen molar-refractivity contribution in [3.05, 3.63) is 29.3 Å². The van der Waals surface area contributed by atoms with Gasteiger partial charge in [-0.05, 0) is 30.5 Å². The Morgan fingerprint density at radius 3 is 2.94 bits per heavy atom. The van der Waals surface area contributed by atoms with Crippen LogP contribution in [0.3, 0.4) is 0 Å². The highest BCUT2D eigenvalue weighted by molar-refractivity contribution is 6.20. The molecule has 2 rings (SSSR count). The highest BCUT2D eigenvalue weighted by Gasteiger charge is 2.20. The van der Waals surface area contributed by atoms with Crippen molar-refractivity contribution >= 4 is 11.6 Å². The molecule has 2 unspecified atom stereocenters. The lowest BCUT2D eigenvalue weighted by molar-refractivity contribution is 0.254. The van der Waals surface area contributed by atoms with E-state index in [1.54, 1.807) is 0 Å². The average Bonchev–Trinajstić information content (AvgIpc) is 2.73. The Hall–Kier alpha value is -0.690. The Morgan fingerprint density at radius 2 is 2.17 bits per heavy atom. The van der Waals surface area contributed by atoms with E-state index in [9.17, 15) is 0 Å². The minimum atomic E-state index is 0.156. The van der Waals surface area contributed by atoms with Gasteiger partial charge >= 0.3 is 0 Å². The Bertz CT molecular complexity index is 389. The lowest BCUT2D eigenvalue weighted by Gasteiger charge is -2.11. The number of ether oxygens (including phenoxy) is 1. The highest BCUT2D eigenvalue weighted by Crippen LogP contribution is 2.34. The lowest BCUT2D eigenvalue weighted by atomic mass is 10.0. The minimum absolute atomic E-state index is 0.156. The van der Waals surface area contributed by atoms with E-state index >= 15 is 0 Å². The predicted octanol–water partition coefficient (Wildman–Crippen LogP) is 5.26. The molecule has 0 bridgehead atoms. The first-order valence-electron chi connectivity index (χ1n) is 7.14. The zero-order valence-electron chi connectivity index (χ0n) is 11.4. The van der Waals surface area contributed by atoms with Crippen LogP contribution in [0.5, 0.6) is 5.75 Å². The van der Waals surface area contributed by atoms with Crippen molar-refractivity contribution in [3.8, 4) is 5.75 Å². The first-order valence-corrected chi connectivity index (χ1v) is 7.58. The zero-order valence-corrected chi connectivity index (χ0v) is 12.2. The normalized spacial score (nSPS) is 19.4. The number of unbranched alkanes of at least 4 members (excludes halogenated alkanes) is 3. The van der Waals surface area contributed by atoms with Crippen molar-refractivity contribution in [1.29, 1.82) is 0 Å². The maximum atomic E-state index is 6.48. The van der Waals surface area contributed by atoms with E-state index in [1.807, 2.05) is 0 Å². The number of halogens is 1. The van der Waals surface area contributed by atoms with Gasteiger partial charge in [0.05, 0.1) is 5.38 Å². The molecule has 0 saturated carbocycles. The quantitative estimate of drug-likeness (QED) is 0.504. The van der Waals surface area contributed by atoms with Gasteiger partial charge < -0.3 is 4.74 Å². The van der Waals surface area contributed by atoms with E-state index in [0.717, 1.165) is 18.6 Å². The minimum Gasteiger partial charge on any atom is -0.490 e. The topological polar surface area (TPSA) is 9.23 Å². The summed E-state index contributed by atoms with van der Waals surface area (Å²) < 4.78 is 5.71. The van der Waals surface area contributed by atoms with Crippen LogP contribution in [0.2, 0.25) is 0 Å². The second-order valence-electron chi connectivity index (χ2n) is 5.32. The van der Waals surface area contributed by atoms with E-state index < -0.39 is 0 Å². The SMILES string of the molecule is CCCCCCC(Cl)c1ccc2c(c1)CC(C)O2. The third-order valence-corrected chi connectivity index (χ3v) is 4.06. The molecule has 1 heterocycles. The maximum Gasteiger partial charge on any atom is 0.123 e. The van der Waals surface area contributed by atoms with Crippen LogP contribution in [0.25, 0.3) is 0 Å². The van der Waals surface area contributed by atoms with Crippen LogP contribution in [0.1, 0.15) is 62.5 Å². The molecule has 0 radical (unpaired) electrons. The van der Waals surface area contributed by atoms with Crippen LogP contribution in [0, 0.1) is 0 Å². The van der Waals surface area contributed by atoms with Gasteiger partial charge in [0.15, 0.2) is 0 Å². The van der Waals surface area contributed by atoms with Crippen molar-refractivity contribution in [2.45, 2.75) is 63.9 Å². The summed E-state index contributed by atoms with van der Waals surface area (Å²) in [6.07, 6.45) is 7.53. The third kappa shape index (κ3) is 3.41. The summed E-state index contributed by atoms with van der Waals surface area (Å²) in [4.78, 5) is 0. The molecule has 0 aliphatic carbocycles. The van der Waals surface area contributed by atoms with Gasteiger partial charge in [0, 0.05) is 6.42 Å². The number of hydrogen-bond donors (Lipinski definition) is 0. The molecule has 1 nitrogen and oxygen atoms in total. The maximum absolute atomic E-state index is 6.48. The van der Waals surface area contributed by atoms with Gasteiger partial charge in [-0.2, -0.15) is 0 Å². The van der Waals surface area contributed by atoms with Crippen molar-refractivity contribution in [2.24, 2.45) is 0 Å². The van der Waals surface area contributed by atoms with Crippen LogP contribution < -0.4 is 4.74 Å². The molecule has 0 amide bonds. The van der Waals surface area contributed by atoms with Crippen LogP contribution in [-0.4, -0.2) is 6.10 Å². The van der Waals surface area contributed by atoms with Crippen molar-refractivity contribution in [2.75, 3.05) is 0 Å². The van der Waals surface area contributed by atoms with Crippen molar-refractivity contribution in [1.82, 2.24) is 0 Å². The molecule has 2 heteroatoms. The monoisotopic (exact) mass is 266 g/mol. The van der Waals surface area contributed by atoms with Crippen LogP contribution in [-0.2, 0) is 6.42 Å². The number of rotatable bonds is 6. The molecule has 18 heavy (non-hydrogen) atoms. The molecule has 0 spiro atoms. The molecule has 1 aliphatic heterocycles. The van der Waals surface area contributed by atoms with E-state index in [4.69, 9.17) is 16.3 Å². The fourth-order valence-corrected chi connectivity index (χ4v) is 2.84. The number of hydrogen-bond acceptors (Lipinski definition) is 1.